The minimum Gasteiger partial charge on any atom is -0.382 e. The Morgan fingerprint density at radius 2 is 1.79 bits per heavy atom. The van der Waals surface area contributed by atoms with Crippen molar-refractivity contribution in [3.8, 4) is 11.3 Å². The van der Waals surface area contributed by atoms with E-state index in [2.05, 4.69) is 9.97 Å². The zero-order valence-electron chi connectivity index (χ0n) is 10.9. The molecule has 0 saturated carbocycles. The molecule has 0 bridgehead atoms. The van der Waals surface area contributed by atoms with Crippen molar-refractivity contribution < 1.29 is 13.9 Å². The number of hydrogen-bond acceptors (Lipinski definition) is 3. The highest BCUT2D eigenvalue weighted by Gasteiger charge is 2.21. The van der Waals surface area contributed by atoms with Crippen LogP contribution in [-0.4, -0.2) is 15.1 Å². The van der Waals surface area contributed by atoms with Gasteiger partial charge in [-0.3, -0.25) is 0 Å². The number of rotatable bonds is 2. The maximum atomic E-state index is 13.7. The van der Waals surface area contributed by atoms with E-state index in [1.807, 2.05) is 0 Å². The maximum Gasteiger partial charge on any atom is 0.160 e. The van der Waals surface area contributed by atoms with Gasteiger partial charge in [0.2, 0.25) is 0 Å². The minimum atomic E-state index is -1.25. The first-order valence-corrected chi connectivity index (χ1v) is 5.81. The number of hydrogen-bond donors (Lipinski definition) is 1. The van der Waals surface area contributed by atoms with Crippen LogP contribution in [-0.2, 0) is 5.60 Å². The van der Waals surface area contributed by atoms with Crippen molar-refractivity contribution in [1.29, 1.82) is 0 Å². The first kappa shape index (κ1) is 13.5. The van der Waals surface area contributed by atoms with Crippen LogP contribution in [0.4, 0.5) is 8.78 Å². The van der Waals surface area contributed by atoms with E-state index < -0.39 is 17.2 Å². The Balaban J connectivity index is 2.63. The van der Waals surface area contributed by atoms with Gasteiger partial charge in [0.1, 0.15) is 17.2 Å². The van der Waals surface area contributed by atoms with Crippen LogP contribution in [0.3, 0.4) is 0 Å². The monoisotopic (exact) mass is 264 g/mol. The lowest BCUT2D eigenvalue weighted by Crippen LogP contribution is -2.20. The Bertz CT molecular complexity index is 621. The van der Waals surface area contributed by atoms with Gasteiger partial charge in [0.25, 0.3) is 0 Å². The van der Waals surface area contributed by atoms with Gasteiger partial charge in [-0.05, 0) is 45.0 Å². The molecule has 1 aromatic carbocycles. The van der Waals surface area contributed by atoms with Crippen LogP contribution in [0.5, 0.6) is 0 Å². The van der Waals surface area contributed by atoms with Gasteiger partial charge in [-0.25, -0.2) is 18.7 Å². The molecule has 2 aromatic rings. The van der Waals surface area contributed by atoms with Gasteiger partial charge in [-0.1, -0.05) is 0 Å². The Morgan fingerprint density at radius 3 is 2.42 bits per heavy atom. The topological polar surface area (TPSA) is 46.0 Å². The van der Waals surface area contributed by atoms with E-state index in [-0.39, 0.29) is 17.1 Å². The van der Waals surface area contributed by atoms with E-state index >= 15 is 0 Å². The second kappa shape index (κ2) is 4.66. The zero-order valence-corrected chi connectivity index (χ0v) is 10.9. The van der Waals surface area contributed by atoms with E-state index in [4.69, 9.17) is 0 Å². The fourth-order valence-electron chi connectivity index (χ4n) is 1.67. The Labute approximate surface area is 110 Å². The number of aryl methyl sites for hydroxylation is 1. The molecule has 0 fully saturated rings. The Kier molecular flexibility index (Phi) is 3.32. The molecule has 1 N–H and O–H groups in total. The van der Waals surface area contributed by atoms with E-state index in [1.54, 1.807) is 13.0 Å². The van der Waals surface area contributed by atoms with Crippen LogP contribution in [0.15, 0.2) is 24.3 Å². The molecule has 5 heteroatoms. The highest BCUT2D eigenvalue weighted by molar-refractivity contribution is 5.60. The molecule has 19 heavy (non-hydrogen) atoms. The number of benzene rings is 1. The summed E-state index contributed by atoms with van der Waals surface area (Å²) in [7, 11) is 0. The van der Waals surface area contributed by atoms with Gasteiger partial charge in [0.15, 0.2) is 5.82 Å². The van der Waals surface area contributed by atoms with Crippen molar-refractivity contribution in [2.75, 3.05) is 0 Å². The van der Waals surface area contributed by atoms with Crippen LogP contribution in [0.25, 0.3) is 11.3 Å². The number of halogens is 2. The lowest BCUT2D eigenvalue weighted by molar-refractivity contribution is 0.0686. The van der Waals surface area contributed by atoms with Crippen molar-refractivity contribution in [2.24, 2.45) is 0 Å². The van der Waals surface area contributed by atoms with Gasteiger partial charge >= 0.3 is 0 Å². The normalized spacial score (nSPS) is 11.7. The third-order valence-corrected chi connectivity index (χ3v) is 2.61. The molecule has 0 radical (unpaired) electrons. The van der Waals surface area contributed by atoms with Crippen LogP contribution in [0.2, 0.25) is 0 Å². The van der Waals surface area contributed by atoms with Crippen molar-refractivity contribution in [2.45, 2.75) is 26.4 Å². The summed E-state index contributed by atoms with van der Waals surface area (Å²) in [6.07, 6.45) is 0. The summed E-state index contributed by atoms with van der Waals surface area (Å²) >= 11 is 0. The molecule has 1 heterocycles. The maximum absolute atomic E-state index is 13.7. The molecule has 0 amide bonds. The highest BCUT2D eigenvalue weighted by Crippen LogP contribution is 2.25. The molecule has 0 unspecified atom stereocenters. The molecule has 0 aliphatic rings. The molecule has 2 rings (SSSR count). The summed E-state index contributed by atoms with van der Waals surface area (Å²) in [4.78, 5) is 8.21. The third kappa shape index (κ3) is 2.93. The van der Waals surface area contributed by atoms with Crippen LogP contribution in [0.1, 0.15) is 25.4 Å². The predicted molar refractivity (Wildman–Crippen MR) is 67.4 cm³/mol. The summed E-state index contributed by atoms with van der Waals surface area (Å²) in [6, 6.07) is 4.72. The van der Waals surface area contributed by atoms with Gasteiger partial charge in [-0.2, -0.15) is 0 Å². The number of aromatic nitrogens is 2. The third-order valence-electron chi connectivity index (χ3n) is 2.61. The Hall–Kier alpha value is -1.88. The van der Waals surface area contributed by atoms with Gasteiger partial charge < -0.3 is 5.11 Å². The molecule has 0 aliphatic carbocycles. The van der Waals surface area contributed by atoms with E-state index in [0.717, 1.165) is 18.2 Å². The predicted octanol–water partition coefficient (Wildman–Crippen LogP) is 2.96. The van der Waals surface area contributed by atoms with E-state index in [0.29, 0.717) is 5.69 Å². The average Bonchev–Trinajstić information content (AvgIpc) is 2.30. The zero-order chi connectivity index (χ0) is 14.2. The molecular weight excluding hydrogens is 250 g/mol. The number of nitrogens with zero attached hydrogens (tertiary/aromatic N) is 2. The van der Waals surface area contributed by atoms with E-state index in [9.17, 15) is 13.9 Å². The minimum absolute atomic E-state index is 0.0519. The summed E-state index contributed by atoms with van der Waals surface area (Å²) in [5.41, 5.74) is -0.367. The van der Waals surface area contributed by atoms with Gasteiger partial charge in [0, 0.05) is 11.3 Å². The van der Waals surface area contributed by atoms with Crippen LogP contribution < -0.4 is 0 Å². The van der Waals surface area contributed by atoms with Crippen LogP contribution >= 0.6 is 0 Å². The molecule has 100 valence electrons. The van der Waals surface area contributed by atoms with Crippen LogP contribution in [0, 0.1) is 18.6 Å². The Morgan fingerprint density at radius 1 is 1.11 bits per heavy atom. The second-order valence-corrected chi connectivity index (χ2v) is 4.90. The van der Waals surface area contributed by atoms with E-state index in [1.165, 1.54) is 13.8 Å². The van der Waals surface area contributed by atoms with Crippen molar-refractivity contribution >= 4 is 0 Å². The van der Waals surface area contributed by atoms with Gasteiger partial charge in [-0.15, -0.1) is 0 Å². The average molecular weight is 264 g/mol. The van der Waals surface area contributed by atoms with Crippen molar-refractivity contribution in [1.82, 2.24) is 9.97 Å². The first-order chi connectivity index (χ1) is 8.77. The molecule has 0 atom stereocenters. The standard InChI is InChI=1S/C14H14F2N2O/c1-8-6-12(18-13(17-8)14(2,3)19)10-7-9(15)4-5-11(10)16/h4-7,19H,1-3H3. The quantitative estimate of drug-likeness (QED) is 0.907. The fourth-order valence-corrected chi connectivity index (χ4v) is 1.67. The van der Waals surface area contributed by atoms with Gasteiger partial charge in [0.05, 0.1) is 5.69 Å². The first-order valence-electron chi connectivity index (χ1n) is 5.81. The highest BCUT2D eigenvalue weighted by atomic mass is 19.1. The summed E-state index contributed by atoms with van der Waals surface area (Å²) in [5.74, 6) is -0.940. The lowest BCUT2D eigenvalue weighted by Gasteiger charge is -2.17. The fraction of sp³-hybridized carbons (Fsp3) is 0.286. The summed E-state index contributed by atoms with van der Waals surface area (Å²) in [5, 5.41) is 9.92. The lowest BCUT2D eigenvalue weighted by atomic mass is 10.1. The molecule has 3 nitrogen and oxygen atoms in total. The van der Waals surface area contributed by atoms with Crippen molar-refractivity contribution in [3.05, 3.63) is 47.4 Å². The summed E-state index contributed by atoms with van der Waals surface area (Å²) < 4.78 is 26.9. The number of aliphatic hydroxyl groups is 1. The molecule has 0 saturated heterocycles. The smallest absolute Gasteiger partial charge is 0.160 e. The molecular formula is C14H14F2N2O. The molecule has 0 aliphatic heterocycles. The molecule has 0 spiro atoms. The SMILES string of the molecule is Cc1cc(-c2cc(F)ccc2F)nc(C(C)(C)O)n1. The van der Waals surface area contributed by atoms with Crippen molar-refractivity contribution in [3.63, 3.8) is 0 Å². The second-order valence-electron chi connectivity index (χ2n) is 4.90. The summed E-state index contributed by atoms with van der Waals surface area (Å²) in [6.45, 7) is 4.78. The molecule has 1 aromatic heterocycles. The largest absolute Gasteiger partial charge is 0.382 e.